The summed E-state index contributed by atoms with van der Waals surface area (Å²) in [5.74, 6) is 1.13. The largest absolute Gasteiger partial charge is 0.508 e. The molecule has 2 nitrogen and oxygen atoms in total. The molecule has 0 bridgehead atoms. The number of thiol groups is 1. The first kappa shape index (κ1) is 17.0. The molecule has 0 amide bonds. The van der Waals surface area contributed by atoms with Gasteiger partial charge in [-0.05, 0) is 70.1 Å². The van der Waals surface area contributed by atoms with Gasteiger partial charge in [0.05, 0.1) is 0 Å². The molecule has 138 valence electrons. The standard InChI is InChI=1S/C25H20O2S/c26-19-11-9-18(10-12-19)17-27-20-13-15-21(16-14-20)28-24-7-3-1-5-22(24)23-6-2-4-8-25(23)28/h1-16,26,28H,17H2. The molecule has 0 radical (unpaired) electrons. The highest BCUT2D eigenvalue weighted by molar-refractivity contribution is 8.17. The van der Waals surface area contributed by atoms with Crippen LogP contribution in [0.2, 0.25) is 0 Å². The van der Waals surface area contributed by atoms with E-state index in [1.54, 1.807) is 12.1 Å². The number of aromatic hydroxyl groups is 1. The zero-order valence-corrected chi connectivity index (χ0v) is 16.1. The van der Waals surface area contributed by atoms with Crippen LogP contribution in [0.5, 0.6) is 11.5 Å². The van der Waals surface area contributed by atoms with Gasteiger partial charge in [-0.1, -0.05) is 48.5 Å². The number of phenols is 1. The fourth-order valence-corrected chi connectivity index (χ4v) is 6.26. The molecule has 0 aliphatic carbocycles. The van der Waals surface area contributed by atoms with E-state index in [1.165, 1.54) is 25.8 Å². The smallest absolute Gasteiger partial charge is 0.119 e. The lowest BCUT2D eigenvalue weighted by Crippen LogP contribution is -1.95. The third kappa shape index (κ3) is 3.04. The maximum Gasteiger partial charge on any atom is 0.119 e. The molecule has 0 saturated heterocycles. The minimum atomic E-state index is -0.524. The van der Waals surface area contributed by atoms with E-state index in [4.69, 9.17) is 4.74 Å². The summed E-state index contributed by atoms with van der Waals surface area (Å²) in [6, 6.07) is 33.1. The van der Waals surface area contributed by atoms with E-state index in [1.807, 2.05) is 12.1 Å². The zero-order chi connectivity index (χ0) is 18.9. The minimum absolute atomic E-state index is 0.271. The van der Waals surface area contributed by atoms with Gasteiger partial charge in [-0.2, -0.15) is 10.9 Å². The summed E-state index contributed by atoms with van der Waals surface area (Å²) in [7, 11) is -0.524. The molecule has 1 heterocycles. The monoisotopic (exact) mass is 384 g/mol. The minimum Gasteiger partial charge on any atom is -0.508 e. The Morgan fingerprint density at radius 1 is 0.643 bits per heavy atom. The van der Waals surface area contributed by atoms with Gasteiger partial charge in [0.1, 0.15) is 18.1 Å². The summed E-state index contributed by atoms with van der Waals surface area (Å²) in [4.78, 5) is 4.19. The van der Waals surface area contributed by atoms with Gasteiger partial charge in [-0.15, -0.1) is 0 Å². The second-order valence-corrected chi connectivity index (χ2v) is 8.97. The Balaban J connectivity index is 1.41. The van der Waals surface area contributed by atoms with Gasteiger partial charge >= 0.3 is 0 Å². The third-order valence-electron chi connectivity index (χ3n) is 5.02. The molecule has 1 N–H and O–H groups in total. The van der Waals surface area contributed by atoms with Gasteiger partial charge in [0.25, 0.3) is 0 Å². The normalized spacial score (nSPS) is 13.1. The van der Waals surface area contributed by atoms with E-state index in [0.717, 1.165) is 11.3 Å². The first-order chi connectivity index (χ1) is 13.8. The van der Waals surface area contributed by atoms with Crippen molar-refractivity contribution >= 4 is 10.9 Å². The van der Waals surface area contributed by atoms with Crippen LogP contribution in [0.15, 0.2) is 112 Å². The topological polar surface area (TPSA) is 29.5 Å². The van der Waals surface area contributed by atoms with E-state index in [-0.39, 0.29) is 5.75 Å². The van der Waals surface area contributed by atoms with Crippen LogP contribution in [0.1, 0.15) is 5.56 Å². The van der Waals surface area contributed by atoms with Gasteiger partial charge in [-0.3, -0.25) is 0 Å². The maximum atomic E-state index is 9.38. The molecular formula is C25H20O2S. The predicted molar refractivity (Wildman–Crippen MR) is 115 cm³/mol. The highest BCUT2D eigenvalue weighted by atomic mass is 32.2. The van der Waals surface area contributed by atoms with Crippen LogP contribution >= 0.6 is 10.9 Å². The number of ether oxygens (including phenoxy) is 1. The Morgan fingerprint density at radius 2 is 1.21 bits per heavy atom. The molecule has 3 heteroatoms. The Labute approximate surface area is 167 Å². The van der Waals surface area contributed by atoms with E-state index in [9.17, 15) is 5.11 Å². The van der Waals surface area contributed by atoms with Gasteiger partial charge in [0.2, 0.25) is 0 Å². The number of fused-ring (bicyclic) bond motifs is 3. The number of rotatable bonds is 4. The molecule has 4 aromatic rings. The Morgan fingerprint density at radius 3 is 1.82 bits per heavy atom. The molecule has 0 fully saturated rings. The molecular weight excluding hydrogens is 364 g/mol. The molecule has 0 spiro atoms. The fourth-order valence-electron chi connectivity index (χ4n) is 3.65. The molecule has 4 aromatic carbocycles. The van der Waals surface area contributed by atoms with Gasteiger partial charge < -0.3 is 9.84 Å². The van der Waals surface area contributed by atoms with E-state index >= 15 is 0 Å². The molecule has 0 saturated carbocycles. The van der Waals surface area contributed by atoms with Crippen molar-refractivity contribution in [3.8, 4) is 22.6 Å². The van der Waals surface area contributed by atoms with Gasteiger partial charge in [-0.25, -0.2) is 0 Å². The average Bonchev–Trinajstić information content (AvgIpc) is 3.08. The quantitative estimate of drug-likeness (QED) is 0.350. The molecule has 1 aliphatic heterocycles. The molecule has 0 aromatic heterocycles. The van der Waals surface area contributed by atoms with Crippen LogP contribution in [-0.2, 0) is 6.61 Å². The fraction of sp³-hybridized carbons (Fsp3) is 0.0400. The molecule has 1 aliphatic rings. The van der Waals surface area contributed by atoms with Crippen molar-refractivity contribution in [2.24, 2.45) is 0 Å². The summed E-state index contributed by atoms with van der Waals surface area (Å²) >= 11 is 0. The Hall–Kier alpha value is -3.17. The zero-order valence-electron chi connectivity index (χ0n) is 15.2. The van der Waals surface area contributed by atoms with Crippen molar-refractivity contribution in [1.82, 2.24) is 0 Å². The van der Waals surface area contributed by atoms with Crippen LogP contribution < -0.4 is 4.74 Å². The highest BCUT2D eigenvalue weighted by Gasteiger charge is 2.26. The van der Waals surface area contributed by atoms with Crippen molar-refractivity contribution in [2.45, 2.75) is 21.3 Å². The number of benzene rings is 4. The first-order valence-electron chi connectivity index (χ1n) is 9.29. The number of phenolic OH excluding ortho intramolecular Hbond substituents is 1. The molecule has 0 unspecified atom stereocenters. The van der Waals surface area contributed by atoms with Crippen LogP contribution in [0.25, 0.3) is 11.1 Å². The molecule has 5 rings (SSSR count). The lowest BCUT2D eigenvalue weighted by Gasteiger charge is -2.19. The first-order valence-corrected chi connectivity index (χ1v) is 10.6. The van der Waals surface area contributed by atoms with Crippen LogP contribution in [0, 0.1) is 0 Å². The predicted octanol–water partition coefficient (Wildman–Crippen LogP) is 6.43. The van der Waals surface area contributed by atoms with Crippen LogP contribution in [0.4, 0.5) is 0 Å². The second-order valence-electron chi connectivity index (χ2n) is 6.82. The number of hydrogen-bond donors (Lipinski definition) is 2. The van der Waals surface area contributed by atoms with Crippen LogP contribution in [-0.4, -0.2) is 5.11 Å². The van der Waals surface area contributed by atoms with Crippen LogP contribution in [0.3, 0.4) is 0 Å². The number of hydrogen-bond acceptors (Lipinski definition) is 2. The van der Waals surface area contributed by atoms with Crippen molar-refractivity contribution < 1.29 is 9.84 Å². The van der Waals surface area contributed by atoms with Crippen molar-refractivity contribution in [3.05, 3.63) is 103 Å². The van der Waals surface area contributed by atoms with Crippen molar-refractivity contribution in [1.29, 1.82) is 0 Å². The Bertz CT molecular complexity index is 1070. The highest BCUT2D eigenvalue weighted by Crippen LogP contribution is 2.62. The Kier molecular flexibility index (Phi) is 4.30. The maximum absolute atomic E-state index is 9.38. The average molecular weight is 385 g/mol. The summed E-state index contributed by atoms with van der Waals surface area (Å²) in [5.41, 5.74) is 3.75. The van der Waals surface area contributed by atoms with Crippen molar-refractivity contribution in [2.75, 3.05) is 0 Å². The second kappa shape index (κ2) is 7.10. The van der Waals surface area contributed by atoms with E-state index in [0.29, 0.717) is 6.61 Å². The molecule has 0 atom stereocenters. The summed E-state index contributed by atoms with van der Waals surface area (Å²) in [5, 5.41) is 9.38. The van der Waals surface area contributed by atoms with Crippen molar-refractivity contribution in [3.63, 3.8) is 0 Å². The van der Waals surface area contributed by atoms with Gasteiger partial charge in [0, 0.05) is 9.79 Å². The summed E-state index contributed by atoms with van der Waals surface area (Å²) in [6.45, 7) is 0.486. The summed E-state index contributed by atoms with van der Waals surface area (Å²) in [6.07, 6.45) is 0. The van der Waals surface area contributed by atoms with E-state index < -0.39 is 10.9 Å². The lowest BCUT2D eigenvalue weighted by molar-refractivity contribution is 0.306. The lowest BCUT2D eigenvalue weighted by atomic mass is 10.1. The summed E-state index contributed by atoms with van der Waals surface area (Å²) < 4.78 is 5.91. The molecule has 28 heavy (non-hydrogen) atoms. The SMILES string of the molecule is Oc1ccc(COc2ccc([SH]3c4ccccc4-c4ccccc43)cc2)cc1. The third-order valence-corrected chi connectivity index (χ3v) is 7.57. The van der Waals surface area contributed by atoms with Gasteiger partial charge in [0.15, 0.2) is 0 Å². The van der Waals surface area contributed by atoms with E-state index in [2.05, 4.69) is 72.8 Å².